The number of rotatable bonds is 4. The molecule has 24 heavy (non-hydrogen) atoms. The molecule has 0 fully saturated rings. The van der Waals surface area contributed by atoms with Crippen LogP contribution in [0.2, 0.25) is 0 Å². The molecule has 0 aromatic carbocycles. The summed E-state index contributed by atoms with van der Waals surface area (Å²) in [5, 5.41) is 11.7. The van der Waals surface area contributed by atoms with Crippen LogP contribution in [0.4, 0.5) is 0 Å². The lowest BCUT2D eigenvalue weighted by atomic mass is 9.92. The Morgan fingerprint density at radius 2 is 2.12 bits per heavy atom. The summed E-state index contributed by atoms with van der Waals surface area (Å²) in [5.41, 5.74) is 3.84. The van der Waals surface area contributed by atoms with E-state index >= 15 is 0 Å². The van der Waals surface area contributed by atoms with Gasteiger partial charge in [-0.3, -0.25) is 14.3 Å². The second kappa shape index (κ2) is 6.59. The lowest BCUT2D eigenvalue weighted by molar-refractivity contribution is -0.122. The van der Waals surface area contributed by atoms with Gasteiger partial charge in [-0.1, -0.05) is 0 Å². The van der Waals surface area contributed by atoms with E-state index in [0.717, 1.165) is 35.5 Å². The molecular formula is C17H23N5O2. The fourth-order valence-corrected chi connectivity index (χ4v) is 3.22. The molecule has 2 aromatic heterocycles. The van der Waals surface area contributed by atoms with E-state index < -0.39 is 0 Å². The van der Waals surface area contributed by atoms with Gasteiger partial charge in [0.1, 0.15) is 0 Å². The molecule has 2 heterocycles. The fourth-order valence-electron chi connectivity index (χ4n) is 3.22. The monoisotopic (exact) mass is 329 g/mol. The first-order chi connectivity index (χ1) is 11.4. The molecule has 0 spiro atoms. The number of carbonyl (C=O) groups is 1. The summed E-state index contributed by atoms with van der Waals surface area (Å²) in [4.78, 5) is 23.9. The maximum atomic E-state index is 12.2. The van der Waals surface area contributed by atoms with E-state index in [1.807, 2.05) is 24.6 Å². The van der Waals surface area contributed by atoms with Crippen LogP contribution in [0.1, 0.15) is 35.5 Å². The van der Waals surface area contributed by atoms with Crippen LogP contribution in [-0.4, -0.2) is 31.5 Å². The van der Waals surface area contributed by atoms with Gasteiger partial charge in [0.25, 0.3) is 5.56 Å². The van der Waals surface area contributed by atoms with Crippen molar-refractivity contribution in [3.05, 3.63) is 45.1 Å². The molecule has 1 N–H and O–H groups in total. The molecule has 128 valence electrons. The first-order valence-electron chi connectivity index (χ1n) is 8.29. The van der Waals surface area contributed by atoms with Crippen LogP contribution in [0, 0.1) is 13.8 Å². The summed E-state index contributed by atoms with van der Waals surface area (Å²) in [6, 6.07) is 3.71. The standard InChI is InChI=1S/C17H23N5O2/c1-11-8-12(2)22(19-11)7-6-16(23)18-14-4-5-15-13(9-14)10-17(24)21(3)20-15/h8,10,14H,4-7,9H2,1-3H3,(H,18,23). The van der Waals surface area contributed by atoms with Crippen LogP contribution in [0.15, 0.2) is 16.9 Å². The van der Waals surface area contributed by atoms with Crippen molar-refractivity contribution in [1.82, 2.24) is 24.9 Å². The van der Waals surface area contributed by atoms with E-state index in [-0.39, 0.29) is 17.5 Å². The molecule has 7 heteroatoms. The Kier molecular flexibility index (Phi) is 4.51. The highest BCUT2D eigenvalue weighted by atomic mass is 16.1. The van der Waals surface area contributed by atoms with Crippen LogP contribution < -0.4 is 10.9 Å². The number of fused-ring (bicyclic) bond motifs is 1. The lowest BCUT2D eigenvalue weighted by Crippen LogP contribution is -2.40. The number of aryl methyl sites for hydroxylation is 5. The Hall–Kier alpha value is -2.44. The summed E-state index contributed by atoms with van der Waals surface area (Å²) in [6.07, 6.45) is 2.71. The van der Waals surface area contributed by atoms with Crippen molar-refractivity contribution in [2.45, 2.75) is 52.1 Å². The third kappa shape index (κ3) is 3.55. The number of hydrogen-bond acceptors (Lipinski definition) is 4. The summed E-state index contributed by atoms with van der Waals surface area (Å²) in [6.45, 7) is 4.52. The van der Waals surface area contributed by atoms with Gasteiger partial charge in [0.2, 0.25) is 5.91 Å². The van der Waals surface area contributed by atoms with E-state index in [2.05, 4.69) is 15.5 Å². The summed E-state index contributed by atoms with van der Waals surface area (Å²) in [5.74, 6) is 0.0211. The van der Waals surface area contributed by atoms with Crippen molar-refractivity contribution in [2.24, 2.45) is 7.05 Å². The molecule has 0 aliphatic heterocycles. The lowest BCUT2D eigenvalue weighted by Gasteiger charge is -2.24. The molecule has 1 aliphatic rings. The quantitative estimate of drug-likeness (QED) is 0.893. The van der Waals surface area contributed by atoms with E-state index in [9.17, 15) is 9.59 Å². The molecule has 1 aliphatic carbocycles. The molecule has 0 saturated heterocycles. The van der Waals surface area contributed by atoms with Crippen molar-refractivity contribution in [3.63, 3.8) is 0 Å². The Labute approximate surface area is 140 Å². The van der Waals surface area contributed by atoms with Crippen molar-refractivity contribution >= 4 is 5.91 Å². The Morgan fingerprint density at radius 3 is 2.83 bits per heavy atom. The molecule has 0 bridgehead atoms. The largest absolute Gasteiger partial charge is 0.353 e. The highest BCUT2D eigenvalue weighted by Gasteiger charge is 2.22. The van der Waals surface area contributed by atoms with Gasteiger partial charge in [0.05, 0.1) is 11.4 Å². The first kappa shape index (κ1) is 16.4. The number of nitrogens with zero attached hydrogens (tertiary/aromatic N) is 4. The van der Waals surface area contributed by atoms with Crippen molar-refractivity contribution in [1.29, 1.82) is 0 Å². The van der Waals surface area contributed by atoms with Crippen molar-refractivity contribution in [3.8, 4) is 0 Å². The Balaban J connectivity index is 1.56. The Bertz CT molecular complexity index is 821. The molecule has 1 amide bonds. The zero-order valence-corrected chi connectivity index (χ0v) is 14.4. The number of nitrogens with one attached hydrogen (secondary N) is 1. The maximum absolute atomic E-state index is 12.2. The van der Waals surface area contributed by atoms with Gasteiger partial charge in [-0.25, -0.2) is 4.68 Å². The Morgan fingerprint density at radius 1 is 1.33 bits per heavy atom. The number of aromatic nitrogens is 4. The van der Waals surface area contributed by atoms with Crippen LogP contribution in [0.3, 0.4) is 0 Å². The first-order valence-corrected chi connectivity index (χ1v) is 8.29. The average molecular weight is 329 g/mol. The fraction of sp³-hybridized carbons (Fsp3) is 0.529. The summed E-state index contributed by atoms with van der Waals surface area (Å²) >= 11 is 0. The van der Waals surface area contributed by atoms with Gasteiger partial charge in [-0.05, 0) is 44.7 Å². The van der Waals surface area contributed by atoms with E-state index in [1.165, 1.54) is 4.68 Å². The highest BCUT2D eigenvalue weighted by molar-refractivity contribution is 5.76. The SMILES string of the molecule is Cc1cc(C)n(CCC(=O)NC2CCc3nn(C)c(=O)cc3C2)n1. The zero-order chi connectivity index (χ0) is 17.3. The van der Waals surface area contributed by atoms with Crippen LogP contribution in [-0.2, 0) is 31.2 Å². The molecule has 1 atom stereocenters. The normalized spacial score (nSPS) is 16.7. The van der Waals surface area contributed by atoms with E-state index in [4.69, 9.17) is 0 Å². The second-order valence-corrected chi connectivity index (χ2v) is 6.49. The van der Waals surface area contributed by atoms with Gasteiger partial charge >= 0.3 is 0 Å². The molecule has 0 radical (unpaired) electrons. The van der Waals surface area contributed by atoms with Crippen molar-refractivity contribution < 1.29 is 4.79 Å². The summed E-state index contributed by atoms with van der Waals surface area (Å²) < 4.78 is 3.23. The zero-order valence-electron chi connectivity index (χ0n) is 14.4. The van der Waals surface area contributed by atoms with Gasteiger partial charge < -0.3 is 5.32 Å². The topological polar surface area (TPSA) is 81.8 Å². The number of carbonyl (C=O) groups excluding carboxylic acids is 1. The van der Waals surface area contributed by atoms with Crippen LogP contribution in [0.5, 0.6) is 0 Å². The highest BCUT2D eigenvalue weighted by Crippen LogP contribution is 2.18. The third-order valence-electron chi connectivity index (χ3n) is 4.47. The predicted octanol–water partition coefficient (Wildman–Crippen LogP) is 0.657. The molecule has 2 aromatic rings. The number of amides is 1. The third-order valence-corrected chi connectivity index (χ3v) is 4.47. The average Bonchev–Trinajstić information content (AvgIpc) is 2.84. The molecule has 0 saturated carbocycles. The minimum Gasteiger partial charge on any atom is -0.353 e. The minimum absolute atomic E-state index is 0.0211. The van der Waals surface area contributed by atoms with Crippen LogP contribution in [0.25, 0.3) is 0 Å². The van der Waals surface area contributed by atoms with Crippen LogP contribution >= 0.6 is 0 Å². The summed E-state index contributed by atoms with van der Waals surface area (Å²) in [7, 11) is 1.66. The van der Waals surface area contributed by atoms with Crippen molar-refractivity contribution in [2.75, 3.05) is 0 Å². The molecule has 1 unspecified atom stereocenters. The number of hydrogen-bond donors (Lipinski definition) is 1. The van der Waals surface area contributed by atoms with Gasteiger partial charge in [-0.2, -0.15) is 10.2 Å². The minimum atomic E-state index is -0.106. The molecule has 3 rings (SSSR count). The van der Waals surface area contributed by atoms with E-state index in [1.54, 1.807) is 13.1 Å². The maximum Gasteiger partial charge on any atom is 0.266 e. The predicted molar refractivity (Wildman–Crippen MR) is 89.8 cm³/mol. The van der Waals surface area contributed by atoms with E-state index in [0.29, 0.717) is 19.4 Å². The smallest absolute Gasteiger partial charge is 0.266 e. The second-order valence-electron chi connectivity index (χ2n) is 6.49. The molecule has 7 nitrogen and oxygen atoms in total. The van der Waals surface area contributed by atoms with Gasteiger partial charge in [0, 0.05) is 37.8 Å². The molecular weight excluding hydrogens is 306 g/mol. The van der Waals surface area contributed by atoms with Gasteiger partial charge in [-0.15, -0.1) is 0 Å². The van der Waals surface area contributed by atoms with Gasteiger partial charge in [0.15, 0.2) is 0 Å².